The van der Waals surface area contributed by atoms with Gasteiger partial charge in [-0.3, -0.25) is 0 Å². The number of benzene rings is 2. The van der Waals surface area contributed by atoms with Crippen LogP contribution in [0, 0.1) is 0 Å². The molecule has 4 nitrogen and oxygen atoms in total. The second kappa shape index (κ2) is 8.15. The lowest BCUT2D eigenvalue weighted by Crippen LogP contribution is -2.40. The van der Waals surface area contributed by atoms with E-state index in [0.29, 0.717) is 58.2 Å². The molecule has 0 aliphatic carbocycles. The van der Waals surface area contributed by atoms with Gasteiger partial charge in [-0.2, -0.15) is 0 Å². The summed E-state index contributed by atoms with van der Waals surface area (Å²) in [5.41, 5.74) is 1.02. The molecule has 1 aliphatic heterocycles. The van der Waals surface area contributed by atoms with E-state index in [2.05, 4.69) is 0 Å². The van der Waals surface area contributed by atoms with E-state index in [1.807, 2.05) is 4.90 Å². The first-order valence-corrected chi connectivity index (χ1v) is 8.85. The highest BCUT2D eigenvalue weighted by Gasteiger charge is 2.20. The number of halogens is 2. The molecule has 0 N–H and O–H groups in total. The molecule has 0 aromatic heterocycles. The van der Waals surface area contributed by atoms with E-state index in [9.17, 15) is 4.79 Å². The molecule has 3 rings (SSSR count). The molecule has 0 atom stereocenters. The standard InChI is InChI=1S/C18H15Cl2NO3S/c19-13-3-1-12(2-4-13)18(22)24-16-6-5-14(20)11-15(16)17(25)21-7-9-23-10-8-21/h1-6,11H,7-10H2. The summed E-state index contributed by atoms with van der Waals surface area (Å²) in [4.78, 5) is 15.0. The fourth-order valence-electron chi connectivity index (χ4n) is 2.44. The van der Waals surface area contributed by atoms with E-state index in [1.54, 1.807) is 42.5 Å². The quantitative estimate of drug-likeness (QED) is 0.441. The summed E-state index contributed by atoms with van der Waals surface area (Å²) in [5, 5.41) is 1.08. The molecule has 1 saturated heterocycles. The number of carbonyl (C=O) groups is 1. The number of morpholine rings is 1. The molecule has 0 radical (unpaired) electrons. The molecule has 0 bridgehead atoms. The lowest BCUT2D eigenvalue weighted by molar-refractivity contribution is 0.0687. The number of thiocarbonyl (C=S) groups is 1. The van der Waals surface area contributed by atoms with Crippen molar-refractivity contribution in [3.05, 3.63) is 63.6 Å². The Kier molecular flexibility index (Phi) is 5.91. The molecule has 0 spiro atoms. The first-order valence-electron chi connectivity index (χ1n) is 7.69. The fraction of sp³-hybridized carbons (Fsp3) is 0.222. The van der Waals surface area contributed by atoms with Crippen LogP contribution in [-0.4, -0.2) is 42.2 Å². The van der Waals surface area contributed by atoms with Gasteiger partial charge in [0, 0.05) is 23.1 Å². The lowest BCUT2D eigenvalue weighted by atomic mass is 10.1. The summed E-state index contributed by atoms with van der Waals surface area (Å²) in [7, 11) is 0. The van der Waals surface area contributed by atoms with Gasteiger partial charge in [-0.1, -0.05) is 35.4 Å². The van der Waals surface area contributed by atoms with Crippen LogP contribution >= 0.6 is 35.4 Å². The second-order valence-electron chi connectivity index (χ2n) is 5.44. The third-order valence-corrected chi connectivity index (χ3v) is 4.72. The number of hydrogen-bond donors (Lipinski definition) is 0. The predicted octanol–water partition coefficient (Wildman–Crippen LogP) is 4.22. The summed E-state index contributed by atoms with van der Waals surface area (Å²) in [6.45, 7) is 2.60. The highest BCUT2D eigenvalue weighted by molar-refractivity contribution is 7.80. The first kappa shape index (κ1) is 18.1. The van der Waals surface area contributed by atoms with Crippen LogP contribution in [0.1, 0.15) is 15.9 Å². The van der Waals surface area contributed by atoms with Gasteiger partial charge in [0.05, 0.1) is 24.3 Å². The minimum Gasteiger partial charge on any atom is -0.422 e. The SMILES string of the molecule is O=C(Oc1ccc(Cl)cc1C(=S)N1CCOCC1)c1ccc(Cl)cc1. The van der Waals surface area contributed by atoms with Crippen molar-refractivity contribution in [2.75, 3.05) is 26.3 Å². The summed E-state index contributed by atoms with van der Waals surface area (Å²) < 4.78 is 10.9. The highest BCUT2D eigenvalue weighted by Crippen LogP contribution is 2.26. The molecule has 1 heterocycles. The van der Waals surface area contributed by atoms with Crippen molar-refractivity contribution in [2.24, 2.45) is 0 Å². The summed E-state index contributed by atoms with van der Waals surface area (Å²) >= 11 is 17.5. The van der Waals surface area contributed by atoms with Gasteiger partial charge in [-0.15, -0.1) is 0 Å². The van der Waals surface area contributed by atoms with Crippen LogP contribution < -0.4 is 4.74 Å². The number of carbonyl (C=O) groups excluding carboxylic acids is 1. The Morgan fingerprint density at radius 2 is 1.68 bits per heavy atom. The van der Waals surface area contributed by atoms with Crippen molar-refractivity contribution in [1.29, 1.82) is 0 Å². The summed E-state index contributed by atoms with van der Waals surface area (Å²) in [5.74, 6) is -0.106. The van der Waals surface area contributed by atoms with Crippen LogP contribution in [-0.2, 0) is 4.74 Å². The van der Waals surface area contributed by atoms with E-state index < -0.39 is 5.97 Å². The van der Waals surface area contributed by atoms with E-state index in [-0.39, 0.29) is 0 Å². The minimum absolute atomic E-state index is 0.376. The van der Waals surface area contributed by atoms with Crippen molar-refractivity contribution >= 4 is 46.4 Å². The highest BCUT2D eigenvalue weighted by atomic mass is 35.5. The average Bonchev–Trinajstić information content (AvgIpc) is 2.64. The lowest BCUT2D eigenvalue weighted by Gasteiger charge is -2.29. The van der Waals surface area contributed by atoms with Crippen molar-refractivity contribution in [3.63, 3.8) is 0 Å². The Balaban J connectivity index is 1.84. The fourth-order valence-corrected chi connectivity index (χ4v) is 3.08. The van der Waals surface area contributed by atoms with Crippen molar-refractivity contribution in [1.82, 2.24) is 4.90 Å². The second-order valence-corrected chi connectivity index (χ2v) is 6.70. The molecule has 1 aliphatic rings. The molecule has 2 aromatic rings. The van der Waals surface area contributed by atoms with E-state index >= 15 is 0 Å². The maximum atomic E-state index is 12.4. The Labute approximate surface area is 161 Å². The van der Waals surface area contributed by atoms with Crippen LogP contribution in [0.25, 0.3) is 0 Å². The van der Waals surface area contributed by atoms with Crippen molar-refractivity contribution in [2.45, 2.75) is 0 Å². The van der Waals surface area contributed by atoms with Crippen molar-refractivity contribution < 1.29 is 14.3 Å². The van der Waals surface area contributed by atoms with Gasteiger partial charge >= 0.3 is 5.97 Å². The largest absolute Gasteiger partial charge is 0.422 e. The Bertz CT molecular complexity index is 789. The molecule has 0 saturated carbocycles. The third-order valence-electron chi connectivity index (χ3n) is 3.75. The minimum atomic E-state index is -0.481. The predicted molar refractivity (Wildman–Crippen MR) is 102 cm³/mol. The molecular formula is C18H15Cl2NO3S. The summed E-state index contributed by atoms with van der Waals surface area (Å²) in [6.07, 6.45) is 0. The molecular weight excluding hydrogens is 381 g/mol. The van der Waals surface area contributed by atoms with Crippen LogP contribution in [0.3, 0.4) is 0 Å². The van der Waals surface area contributed by atoms with Gasteiger partial charge in [0.2, 0.25) is 0 Å². The molecule has 7 heteroatoms. The zero-order valence-corrected chi connectivity index (χ0v) is 15.5. The number of nitrogens with zero attached hydrogens (tertiary/aromatic N) is 1. The topological polar surface area (TPSA) is 38.8 Å². The van der Waals surface area contributed by atoms with Gasteiger partial charge in [-0.25, -0.2) is 4.79 Å². The first-order chi connectivity index (χ1) is 12.0. The van der Waals surface area contributed by atoms with Crippen LogP contribution in [0.4, 0.5) is 0 Å². The molecule has 1 fully saturated rings. The molecule has 0 unspecified atom stereocenters. The monoisotopic (exact) mass is 395 g/mol. The van der Waals surface area contributed by atoms with Crippen LogP contribution in [0.2, 0.25) is 10.0 Å². The Morgan fingerprint density at radius 1 is 1.04 bits per heavy atom. The normalized spacial score (nSPS) is 14.2. The van der Waals surface area contributed by atoms with Gasteiger partial charge in [0.15, 0.2) is 0 Å². The Hall–Kier alpha value is -1.66. The van der Waals surface area contributed by atoms with E-state index in [0.717, 1.165) is 0 Å². The maximum absolute atomic E-state index is 12.4. The van der Waals surface area contributed by atoms with Gasteiger partial charge in [-0.05, 0) is 42.5 Å². The molecule has 25 heavy (non-hydrogen) atoms. The van der Waals surface area contributed by atoms with Crippen molar-refractivity contribution in [3.8, 4) is 5.75 Å². The molecule has 130 valence electrons. The van der Waals surface area contributed by atoms with Crippen LogP contribution in [0.5, 0.6) is 5.75 Å². The Morgan fingerprint density at radius 3 is 2.36 bits per heavy atom. The molecule has 0 amide bonds. The van der Waals surface area contributed by atoms with E-state index in [4.69, 9.17) is 44.9 Å². The number of esters is 1. The van der Waals surface area contributed by atoms with Gasteiger partial charge in [0.25, 0.3) is 0 Å². The smallest absolute Gasteiger partial charge is 0.343 e. The third kappa shape index (κ3) is 4.50. The summed E-state index contributed by atoms with van der Waals surface area (Å²) in [6, 6.07) is 11.5. The van der Waals surface area contributed by atoms with Gasteiger partial charge in [0.1, 0.15) is 10.7 Å². The van der Waals surface area contributed by atoms with Crippen LogP contribution in [0.15, 0.2) is 42.5 Å². The average molecular weight is 396 g/mol. The zero-order valence-electron chi connectivity index (χ0n) is 13.2. The van der Waals surface area contributed by atoms with Gasteiger partial charge < -0.3 is 14.4 Å². The number of ether oxygens (including phenoxy) is 2. The zero-order chi connectivity index (χ0) is 17.8. The maximum Gasteiger partial charge on any atom is 0.343 e. The number of rotatable bonds is 3. The number of hydrogen-bond acceptors (Lipinski definition) is 4. The molecule has 2 aromatic carbocycles. The van der Waals surface area contributed by atoms with E-state index in [1.165, 1.54) is 0 Å².